The molecule has 5 rings (SSSR count). The number of carbonyl (C=O) groups is 2. The summed E-state index contributed by atoms with van der Waals surface area (Å²) < 4.78 is 12.4. The molecule has 10 heteroatoms. The summed E-state index contributed by atoms with van der Waals surface area (Å²) in [5.41, 5.74) is 1.67. The number of nitrogens with one attached hydrogen (secondary N) is 1. The van der Waals surface area contributed by atoms with Gasteiger partial charge in [-0.1, -0.05) is 59.6 Å². The molecule has 34 heavy (non-hydrogen) atoms. The van der Waals surface area contributed by atoms with E-state index >= 15 is 0 Å². The van der Waals surface area contributed by atoms with Crippen LogP contribution in [0.2, 0.25) is 0 Å². The Balaban J connectivity index is 1.16. The van der Waals surface area contributed by atoms with Crippen molar-refractivity contribution in [2.24, 2.45) is 0 Å². The van der Waals surface area contributed by atoms with Gasteiger partial charge in [0.1, 0.15) is 15.8 Å². The van der Waals surface area contributed by atoms with Crippen LogP contribution in [0.4, 0.5) is 5.13 Å². The van der Waals surface area contributed by atoms with E-state index < -0.39 is 0 Å². The Kier molecular flexibility index (Phi) is 6.43. The van der Waals surface area contributed by atoms with E-state index in [1.807, 2.05) is 36.4 Å². The van der Waals surface area contributed by atoms with Gasteiger partial charge in [-0.05, 0) is 48.0 Å². The number of para-hydroxylation sites is 1. The molecule has 1 aliphatic rings. The predicted molar refractivity (Wildman–Crippen MR) is 138 cm³/mol. The minimum Gasteiger partial charge on any atom is -0.484 e. The molecule has 2 aromatic carbocycles. The van der Waals surface area contributed by atoms with Gasteiger partial charge in [-0.3, -0.25) is 19.8 Å². The molecule has 0 aliphatic carbocycles. The summed E-state index contributed by atoms with van der Waals surface area (Å²) in [6.07, 6.45) is 3.35. The summed E-state index contributed by atoms with van der Waals surface area (Å²) in [4.78, 5) is 31.4. The lowest BCUT2D eigenvalue weighted by molar-refractivity contribution is -0.122. The van der Waals surface area contributed by atoms with E-state index in [1.165, 1.54) is 28.0 Å². The van der Waals surface area contributed by atoms with Gasteiger partial charge in [-0.2, -0.15) is 0 Å². The van der Waals surface area contributed by atoms with Crippen LogP contribution in [0.5, 0.6) is 5.75 Å². The number of nitrogens with zero attached hydrogens (tertiary/aromatic N) is 2. The van der Waals surface area contributed by atoms with E-state index in [1.54, 1.807) is 36.6 Å². The van der Waals surface area contributed by atoms with Crippen LogP contribution >= 0.6 is 35.3 Å². The molecule has 1 N–H and O–H groups in total. The number of hydrogen-bond acceptors (Lipinski definition) is 8. The Bertz CT molecular complexity index is 1360. The molecule has 1 fully saturated rings. The first kappa shape index (κ1) is 22.3. The number of carbonyl (C=O) groups excluding carboxylic acids is 2. The maximum Gasteiger partial charge on any atom is 0.266 e. The van der Waals surface area contributed by atoms with Crippen LogP contribution in [0, 0.1) is 0 Å². The third-order valence-electron chi connectivity index (χ3n) is 4.86. The van der Waals surface area contributed by atoms with Crippen LogP contribution < -0.4 is 10.1 Å². The lowest BCUT2D eigenvalue weighted by Crippen LogP contribution is -2.27. The molecule has 0 atom stereocenters. The summed E-state index contributed by atoms with van der Waals surface area (Å²) >= 11 is 8.02. The molecule has 170 valence electrons. The number of thioether (sulfide) groups is 1. The Labute approximate surface area is 208 Å². The highest BCUT2D eigenvalue weighted by molar-refractivity contribution is 8.26. The molecule has 2 aromatic heterocycles. The predicted octanol–water partition coefficient (Wildman–Crippen LogP) is 5.31. The van der Waals surface area contributed by atoms with Gasteiger partial charge in [-0.25, -0.2) is 4.98 Å². The highest BCUT2D eigenvalue weighted by Crippen LogP contribution is 2.34. The zero-order valence-electron chi connectivity index (χ0n) is 17.6. The van der Waals surface area contributed by atoms with Crippen molar-refractivity contribution in [1.29, 1.82) is 0 Å². The maximum absolute atomic E-state index is 12.7. The van der Waals surface area contributed by atoms with E-state index in [-0.39, 0.29) is 18.4 Å². The minimum atomic E-state index is -0.289. The van der Waals surface area contributed by atoms with Crippen LogP contribution in [0.3, 0.4) is 0 Å². The number of thiazole rings is 1. The second-order valence-corrected chi connectivity index (χ2v) is 9.95. The number of aromatic nitrogens is 1. The molecular weight excluding hydrogens is 490 g/mol. The summed E-state index contributed by atoms with van der Waals surface area (Å²) in [7, 11) is 0. The van der Waals surface area contributed by atoms with Gasteiger partial charge < -0.3 is 9.15 Å². The van der Waals surface area contributed by atoms with E-state index in [0.717, 1.165) is 15.8 Å². The maximum atomic E-state index is 12.7. The molecule has 2 amide bonds. The molecule has 3 heterocycles. The first-order chi connectivity index (χ1) is 16.5. The first-order valence-electron chi connectivity index (χ1n) is 10.2. The van der Waals surface area contributed by atoms with Crippen molar-refractivity contribution in [3.05, 3.63) is 83.2 Å². The second kappa shape index (κ2) is 9.80. The summed E-state index contributed by atoms with van der Waals surface area (Å²) in [6, 6.07) is 18.4. The number of rotatable bonds is 7. The molecular formula is C24H17N3O4S3. The third kappa shape index (κ3) is 5.04. The van der Waals surface area contributed by atoms with Crippen molar-refractivity contribution in [2.45, 2.75) is 6.54 Å². The first-order valence-corrected chi connectivity index (χ1v) is 12.3. The zero-order valence-corrected chi connectivity index (χ0v) is 20.0. The molecule has 1 aliphatic heterocycles. The van der Waals surface area contributed by atoms with Crippen LogP contribution in [0.1, 0.15) is 11.3 Å². The lowest BCUT2D eigenvalue weighted by Gasteiger charge is -2.11. The Morgan fingerprint density at radius 3 is 2.74 bits per heavy atom. The fourth-order valence-corrected chi connectivity index (χ4v) is 5.37. The summed E-state index contributed by atoms with van der Waals surface area (Å²) in [5.74, 6) is 0.773. The van der Waals surface area contributed by atoms with Crippen molar-refractivity contribution in [3.63, 3.8) is 0 Å². The van der Waals surface area contributed by atoms with Crippen LogP contribution in [0.15, 0.2) is 76.2 Å². The number of hydrogen-bond donors (Lipinski definition) is 1. The number of amides is 2. The third-order valence-corrected chi connectivity index (χ3v) is 7.19. The quantitative estimate of drug-likeness (QED) is 0.268. The average Bonchev–Trinajstić information content (AvgIpc) is 3.55. The van der Waals surface area contributed by atoms with Crippen molar-refractivity contribution in [1.82, 2.24) is 9.88 Å². The van der Waals surface area contributed by atoms with Gasteiger partial charge in [0, 0.05) is 0 Å². The summed E-state index contributed by atoms with van der Waals surface area (Å²) in [5, 5.41) is 3.30. The van der Waals surface area contributed by atoms with Gasteiger partial charge in [-0.15, -0.1) is 0 Å². The average molecular weight is 508 g/mol. The van der Waals surface area contributed by atoms with E-state index in [2.05, 4.69) is 10.3 Å². The fourth-order valence-electron chi connectivity index (χ4n) is 3.24. The Morgan fingerprint density at radius 1 is 1.15 bits per heavy atom. The highest BCUT2D eigenvalue weighted by Gasteiger charge is 2.32. The zero-order chi connectivity index (χ0) is 23.5. The monoisotopic (exact) mass is 507 g/mol. The molecule has 1 saturated heterocycles. The van der Waals surface area contributed by atoms with Crippen LogP contribution in [-0.2, 0) is 16.1 Å². The van der Waals surface area contributed by atoms with Gasteiger partial charge in [0.05, 0.1) is 27.9 Å². The number of ether oxygens (including phenoxy) is 1. The SMILES string of the molecule is O=C(COc1ccc(/C=C2\SC(=S)N(Cc3ccco3)C2=O)cc1)Nc1nc2ccccc2s1. The normalized spacial score (nSPS) is 14.8. The number of fused-ring (bicyclic) bond motifs is 1. The second-order valence-electron chi connectivity index (χ2n) is 7.24. The lowest BCUT2D eigenvalue weighted by atomic mass is 10.2. The standard InChI is InChI=1S/C24H17N3O4S3/c28-21(26-23-25-18-5-1-2-6-19(18)33-23)14-31-16-9-7-15(8-10-16)12-20-22(29)27(24(32)34-20)13-17-4-3-11-30-17/h1-12H,13-14H2,(H,25,26,28)/b20-12-. The van der Waals surface area contributed by atoms with Gasteiger partial charge in [0.25, 0.3) is 11.8 Å². The molecule has 0 spiro atoms. The van der Waals surface area contributed by atoms with Gasteiger partial charge >= 0.3 is 0 Å². The number of furan rings is 1. The molecule has 0 saturated carbocycles. The molecule has 0 radical (unpaired) electrons. The molecule has 4 aromatic rings. The van der Waals surface area contributed by atoms with E-state index in [4.69, 9.17) is 21.4 Å². The molecule has 0 bridgehead atoms. The van der Waals surface area contributed by atoms with E-state index in [9.17, 15) is 9.59 Å². The van der Waals surface area contributed by atoms with Crippen molar-refractivity contribution in [3.8, 4) is 5.75 Å². The molecule has 0 unspecified atom stereocenters. The topological polar surface area (TPSA) is 84.7 Å². The van der Waals surface area contributed by atoms with Crippen molar-refractivity contribution in [2.75, 3.05) is 11.9 Å². The Morgan fingerprint density at radius 2 is 1.97 bits per heavy atom. The summed E-state index contributed by atoms with van der Waals surface area (Å²) in [6.45, 7) is 0.168. The van der Waals surface area contributed by atoms with Crippen LogP contribution in [0.25, 0.3) is 16.3 Å². The van der Waals surface area contributed by atoms with Gasteiger partial charge in [0.15, 0.2) is 11.7 Å². The van der Waals surface area contributed by atoms with E-state index in [0.29, 0.717) is 32.4 Å². The minimum absolute atomic E-state index is 0.138. The van der Waals surface area contributed by atoms with Crippen LogP contribution in [-0.4, -0.2) is 32.6 Å². The number of anilines is 1. The number of thiocarbonyl (C=S) groups is 1. The molecule has 7 nitrogen and oxygen atoms in total. The Hall–Kier alpha value is -3.47. The largest absolute Gasteiger partial charge is 0.484 e. The van der Waals surface area contributed by atoms with Crippen molar-refractivity contribution < 1.29 is 18.7 Å². The number of benzene rings is 2. The van der Waals surface area contributed by atoms with Crippen molar-refractivity contribution >= 4 is 72.9 Å². The highest BCUT2D eigenvalue weighted by atomic mass is 32.2. The fraction of sp³-hybridized carbons (Fsp3) is 0.0833. The smallest absolute Gasteiger partial charge is 0.266 e. The van der Waals surface area contributed by atoms with Gasteiger partial charge in [0.2, 0.25) is 0 Å².